The fourth-order valence-electron chi connectivity index (χ4n) is 5.37. The van der Waals surface area contributed by atoms with Crippen molar-refractivity contribution in [2.45, 2.75) is 51.7 Å². The summed E-state index contributed by atoms with van der Waals surface area (Å²) in [5, 5.41) is 21.0. The molecular formula is C22H44N4O2. The molecule has 2 N–H and O–H groups in total. The van der Waals surface area contributed by atoms with E-state index < -0.39 is 0 Å². The zero-order valence-corrected chi connectivity index (χ0v) is 18.3. The van der Waals surface area contributed by atoms with Crippen LogP contribution in [0.2, 0.25) is 0 Å². The van der Waals surface area contributed by atoms with Crippen LogP contribution in [-0.4, -0.2) is 121 Å². The summed E-state index contributed by atoms with van der Waals surface area (Å²) in [6.07, 6.45) is 4.71. The maximum atomic E-state index is 10.5. The van der Waals surface area contributed by atoms with Crippen molar-refractivity contribution in [1.29, 1.82) is 0 Å². The highest BCUT2D eigenvalue weighted by atomic mass is 16.3. The summed E-state index contributed by atoms with van der Waals surface area (Å²) in [6, 6.07) is 0. The van der Waals surface area contributed by atoms with E-state index in [2.05, 4.69) is 33.4 Å². The van der Waals surface area contributed by atoms with Crippen LogP contribution in [0.15, 0.2) is 0 Å². The minimum absolute atomic E-state index is 0.247. The molecule has 3 saturated heterocycles. The molecule has 6 heteroatoms. The third kappa shape index (κ3) is 7.54. The van der Waals surface area contributed by atoms with Crippen molar-refractivity contribution in [3.05, 3.63) is 0 Å². The normalized spacial score (nSPS) is 31.7. The highest BCUT2D eigenvalue weighted by molar-refractivity contribution is 4.80. The fraction of sp³-hybridized carbons (Fsp3) is 1.00. The van der Waals surface area contributed by atoms with Gasteiger partial charge in [0.05, 0.1) is 12.2 Å². The number of aliphatic hydroxyl groups excluding tert-OH is 2. The lowest BCUT2D eigenvalue weighted by atomic mass is 10.00. The molecular weight excluding hydrogens is 352 g/mol. The fourth-order valence-corrected chi connectivity index (χ4v) is 5.37. The summed E-state index contributed by atoms with van der Waals surface area (Å²) in [4.78, 5) is 9.67. The van der Waals surface area contributed by atoms with Crippen LogP contribution in [0, 0.1) is 11.8 Å². The third-order valence-electron chi connectivity index (χ3n) is 6.82. The van der Waals surface area contributed by atoms with E-state index in [1.807, 2.05) is 0 Å². The number of hydrogen-bond donors (Lipinski definition) is 2. The van der Waals surface area contributed by atoms with Crippen molar-refractivity contribution in [2.75, 3.05) is 78.5 Å². The van der Waals surface area contributed by atoms with Crippen LogP contribution in [0.5, 0.6) is 0 Å². The smallest absolute Gasteiger partial charge is 0.0793 e. The molecule has 0 amide bonds. The number of rotatable bonds is 8. The van der Waals surface area contributed by atoms with Crippen LogP contribution < -0.4 is 0 Å². The molecule has 0 radical (unpaired) electrons. The first-order valence-electron chi connectivity index (χ1n) is 11.7. The van der Waals surface area contributed by atoms with Gasteiger partial charge in [0.25, 0.3) is 0 Å². The predicted molar refractivity (Wildman–Crippen MR) is 115 cm³/mol. The first-order valence-corrected chi connectivity index (χ1v) is 11.7. The predicted octanol–water partition coefficient (Wildman–Crippen LogP) is 0.790. The second kappa shape index (κ2) is 11.2. The number of β-amino-alcohol motifs (C(OH)–C–C–N with tert-alkyl or cyclic N) is 2. The van der Waals surface area contributed by atoms with Crippen LogP contribution in [0.3, 0.4) is 0 Å². The molecule has 0 bridgehead atoms. The molecule has 3 heterocycles. The van der Waals surface area contributed by atoms with Crippen LogP contribution >= 0.6 is 0 Å². The second-order valence-corrected chi connectivity index (χ2v) is 9.92. The van der Waals surface area contributed by atoms with E-state index in [-0.39, 0.29) is 12.2 Å². The molecule has 4 atom stereocenters. The highest BCUT2D eigenvalue weighted by Crippen LogP contribution is 2.17. The van der Waals surface area contributed by atoms with E-state index in [0.717, 1.165) is 90.4 Å². The quantitative estimate of drug-likeness (QED) is 0.633. The zero-order chi connectivity index (χ0) is 19.9. The average Bonchev–Trinajstić information content (AvgIpc) is 2.63. The van der Waals surface area contributed by atoms with Gasteiger partial charge in [-0.05, 0) is 50.6 Å². The molecule has 3 rings (SSSR count). The molecule has 4 unspecified atom stereocenters. The molecule has 0 aliphatic carbocycles. The van der Waals surface area contributed by atoms with Gasteiger partial charge in [-0.3, -0.25) is 9.80 Å². The van der Waals surface area contributed by atoms with E-state index >= 15 is 0 Å². The average molecular weight is 397 g/mol. The van der Waals surface area contributed by atoms with Gasteiger partial charge in [0.15, 0.2) is 0 Å². The van der Waals surface area contributed by atoms with Gasteiger partial charge in [-0.2, -0.15) is 0 Å². The number of likely N-dealkylation sites (tertiary alicyclic amines) is 2. The van der Waals surface area contributed by atoms with Crippen molar-refractivity contribution in [2.24, 2.45) is 11.8 Å². The van der Waals surface area contributed by atoms with E-state index in [0.29, 0.717) is 0 Å². The standard InChI is InChI=1S/C22H44N4O2/c1-19-5-3-7-25(13-19)17-21(27)15-23-9-11-24(12-10-23)16-22(28)18-26-8-4-6-20(2)14-26/h19-22,27-28H,3-18H2,1-2H3. The molecule has 3 aliphatic rings. The number of nitrogens with zero attached hydrogens (tertiary/aromatic N) is 4. The van der Waals surface area contributed by atoms with Crippen molar-refractivity contribution < 1.29 is 10.2 Å². The van der Waals surface area contributed by atoms with Crippen molar-refractivity contribution >= 4 is 0 Å². The topological polar surface area (TPSA) is 53.4 Å². The van der Waals surface area contributed by atoms with Crippen LogP contribution in [0.4, 0.5) is 0 Å². The Labute approximate surface area is 172 Å². The molecule has 3 aliphatic heterocycles. The lowest BCUT2D eigenvalue weighted by molar-refractivity contribution is 0.0210. The third-order valence-corrected chi connectivity index (χ3v) is 6.82. The number of piperazine rings is 1. The van der Waals surface area contributed by atoms with Gasteiger partial charge >= 0.3 is 0 Å². The van der Waals surface area contributed by atoms with E-state index in [1.54, 1.807) is 0 Å². The Morgan fingerprint density at radius 1 is 0.607 bits per heavy atom. The molecule has 0 saturated carbocycles. The summed E-state index contributed by atoms with van der Waals surface area (Å²) >= 11 is 0. The Hall–Kier alpha value is -0.240. The van der Waals surface area contributed by atoms with Gasteiger partial charge in [0, 0.05) is 65.4 Å². The minimum atomic E-state index is -0.247. The van der Waals surface area contributed by atoms with E-state index in [9.17, 15) is 10.2 Å². The second-order valence-electron chi connectivity index (χ2n) is 9.92. The largest absolute Gasteiger partial charge is 0.390 e. The number of hydrogen-bond acceptors (Lipinski definition) is 6. The van der Waals surface area contributed by atoms with Crippen LogP contribution in [0.1, 0.15) is 39.5 Å². The lowest BCUT2D eigenvalue weighted by Crippen LogP contribution is -2.52. The van der Waals surface area contributed by atoms with Crippen molar-refractivity contribution in [1.82, 2.24) is 19.6 Å². The lowest BCUT2D eigenvalue weighted by Gasteiger charge is -2.38. The van der Waals surface area contributed by atoms with Crippen molar-refractivity contribution in [3.8, 4) is 0 Å². The number of aliphatic hydroxyl groups is 2. The molecule has 28 heavy (non-hydrogen) atoms. The summed E-state index contributed by atoms with van der Waals surface area (Å²) in [7, 11) is 0. The maximum Gasteiger partial charge on any atom is 0.0793 e. The Bertz CT molecular complexity index is 404. The van der Waals surface area contributed by atoms with Gasteiger partial charge in [0.1, 0.15) is 0 Å². The Morgan fingerprint density at radius 2 is 0.964 bits per heavy atom. The number of piperidine rings is 2. The molecule has 6 nitrogen and oxygen atoms in total. The summed E-state index contributed by atoms with van der Waals surface area (Å²) < 4.78 is 0. The monoisotopic (exact) mass is 396 g/mol. The molecule has 0 aromatic heterocycles. The minimum Gasteiger partial charge on any atom is -0.390 e. The Morgan fingerprint density at radius 3 is 1.32 bits per heavy atom. The van der Waals surface area contributed by atoms with Gasteiger partial charge in [0.2, 0.25) is 0 Å². The van der Waals surface area contributed by atoms with Gasteiger partial charge < -0.3 is 20.0 Å². The van der Waals surface area contributed by atoms with E-state index in [4.69, 9.17) is 0 Å². The summed E-state index contributed by atoms with van der Waals surface area (Å²) in [6.45, 7) is 16.4. The van der Waals surface area contributed by atoms with E-state index in [1.165, 1.54) is 25.7 Å². The van der Waals surface area contributed by atoms with Gasteiger partial charge in [-0.1, -0.05) is 13.8 Å². The molecule has 0 spiro atoms. The molecule has 0 aromatic carbocycles. The Kier molecular flexibility index (Phi) is 9.00. The van der Waals surface area contributed by atoms with Crippen molar-refractivity contribution in [3.63, 3.8) is 0 Å². The SMILES string of the molecule is CC1CCCN(CC(O)CN2CCN(CC(O)CN3CCCC(C)C3)CC2)C1. The summed E-state index contributed by atoms with van der Waals surface area (Å²) in [5.41, 5.74) is 0. The zero-order valence-electron chi connectivity index (χ0n) is 18.3. The first-order chi connectivity index (χ1) is 13.5. The molecule has 164 valence electrons. The maximum absolute atomic E-state index is 10.5. The summed E-state index contributed by atoms with van der Waals surface area (Å²) in [5.74, 6) is 1.54. The highest BCUT2D eigenvalue weighted by Gasteiger charge is 2.25. The van der Waals surface area contributed by atoms with Crippen LogP contribution in [0.25, 0.3) is 0 Å². The molecule has 3 fully saturated rings. The molecule has 0 aromatic rings. The first kappa shape index (κ1) is 22.4. The van der Waals surface area contributed by atoms with Gasteiger partial charge in [-0.15, -0.1) is 0 Å². The van der Waals surface area contributed by atoms with Crippen LogP contribution in [-0.2, 0) is 0 Å². The Balaban J connectivity index is 1.29. The van der Waals surface area contributed by atoms with Gasteiger partial charge in [-0.25, -0.2) is 0 Å².